The largest absolute Gasteiger partial charge is 0.467 e. The van der Waals surface area contributed by atoms with E-state index in [4.69, 9.17) is 4.42 Å². The molecular formula is C24H29N3O3. The van der Waals surface area contributed by atoms with Crippen LogP contribution in [-0.4, -0.2) is 39.8 Å². The number of aromatic nitrogens is 1. The number of rotatable bonds is 6. The molecule has 1 unspecified atom stereocenters. The number of likely N-dealkylation sites (tertiary alicyclic amines) is 1. The van der Waals surface area contributed by atoms with Crippen LogP contribution in [0.15, 0.2) is 51.9 Å². The Balaban J connectivity index is 1.59. The van der Waals surface area contributed by atoms with E-state index < -0.39 is 0 Å². The van der Waals surface area contributed by atoms with Gasteiger partial charge in [-0.1, -0.05) is 18.1 Å². The average molecular weight is 408 g/mol. The number of nitrogens with zero attached hydrogens (tertiary/aromatic N) is 2. The molecule has 2 aromatic heterocycles. The Morgan fingerprint density at radius 1 is 1.23 bits per heavy atom. The second-order valence-corrected chi connectivity index (χ2v) is 8.36. The maximum atomic E-state index is 13.2. The smallest absolute Gasteiger partial charge is 0.253 e. The van der Waals surface area contributed by atoms with Crippen molar-refractivity contribution >= 4 is 16.8 Å². The molecule has 158 valence electrons. The van der Waals surface area contributed by atoms with Gasteiger partial charge in [-0.25, -0.2) is 0 Å². The van der Waals surface area contributed by atoms with Crippen LogP contribution >= 0.6 is 0 Å². The molecule has 30 heavy (non-hydrogen) atoms. The number of carbonyl (C=O) groups is 1. The van der Waals surface area contributed by atoms with Crippen LogP contribution in [0.3, 0.4) is 0 Å². The first-order valence-electron chi connectivity index (χ1n) is 10.7. The zero-order valence-corrected chi connectivity index (χ0v) is 17.7. The minimum absolute atomic E-state index is 0.0175. The standard InChI is InChI=1S/C24H29N3O3/c1-17-8-9-22-19(12-17)13-20(24(29)25-22)14-27(15-21-7-5-11-30-21)23(28)16-26-10-4-3-6-18(26)2/h5,7-9,11-13,18H,3-4,6,10,14-16H2,1-2H3,(H,25,29). The topological polar surface area (TPSA) is 69.5 Å². The first-order chi connectivity index (χ1) is 14.5. The molecule has 3 aromatic rings. The zero-order valence-electron chi connectivity index (χ0n) is 17.7. The number of pyridine rings is 1. The predicted molar refractivity (Wildman–Crippen MR) is 117 cm³/mol. The summed E-state index contributed by atoms with van der Waals surface area (Å²) in [6, 6.07) is 11.9. The molecule has 0 bridgehead atoms. The Morgan fingerprint density at radius 2 is 2.10 bits per heavy atom. The van der Waals surface area contributed by atoms with Gasteiger partial charge in [0.05, 0.1) is 25.9 Å². The molecule has 0 saturated carbocycles. The number of amides is 1. The van der Waals surface area contributed by atoms with Crippen LogP contribution in [0.5, 0.6) is 0 Å². The van der Waals surface area contributed by atoms with Crippen LogP contribution in [0.1, 0.15) is 43.1 Å². The van der Waals surface area contributed by atoms with Gasteiger partial charge in [0.25, 0.3) is 5.56 Å². The Morgan fingerprint density at radius 3 is 2.87 bits per heavy atom. The van der Waals surface area contributed by atoms with E-state index in [1.165, 1.54) is 6.42 Å². The van der Waals surface area contributed by atoms with E-state index in [9.17, 15) is 9.59 Å². The molecule has 1 amide bonds. The number of hydrogen-bond acceptors (Lipinski definition) is 4. The third-order valence-electron chi connectivity index (χ3n) is 6.00. The first kappa shape index (κ1) is 20.4. The van der Waals surface area contributed by atoms with Crippen molar-refractivity contribution in [3.8, 4) is 0 Å². The van der Waals surface area contributed by atoms with Crippen molar-refractivity contribution in [3.05, 3.63) is 69.9 Å². The van der Waals surface area contributed by atoms with E-state index in [0.29, 0.717) is 30.5 Å². The number of furan rings is 1. The Hall–Kier alpha value is -2.86. The fraction of sp³-hybridized carbons (Fsp3) is 0.417. The van der Waals surface area contributed by atoms with Crippen molar-refractivity contribution in [1.82, 2.24) is 14.8 Å². The number of hydrogen-bond donors (Lipinski definition) is 1. The van der Waals surface area contributed by atoms with E-state index >= 15 is 0 Å². The highest BCUT2D eigenvalue weighted by atomic mass is 16.3. The van der Waals surface area contributed by atoms with E-state index in [1.807, 2.05) is 43.3 Å². The molecule has 1 N–H and O–H groups in total. The minimum atomic E-state index is -0.157. The molecule has 1 aliphatic heterocycles. The molecule has 6 nitrogen and oxygen atoms in total. The zero-order chi connectivity index (χ0) is 21.1. The molecule has 3 heterocycles. The average Bonchev–Trinajstić information content (AvgIpc) is 3.23. The lowest BCUT2D eigenvalue weighted by atomic mass is 10.0. The van der Waals surface area contributed by atoms with E-state index in [0.717, 1.165) is 35.9 Å². The number of benzene rings is 1. The molecule has 1 aliphatic rings. The van der Waals surface area contributed by atoms with Crippen molar-refractivity contribution in [2.24, 2.45) is 0 Å². The number of fused-ring (bicyclic) bond motifs is 1. The molecule has 1 saturated heterocycles. The monoisotopic (exact) mass is 407 g/mol. The van der Waals surface area contributed by atoms with Crippen LogP contribution in [0.25, 0.3) is 10.9 Å². The molecule has 1 atom stereocenters. The number of aromatic amines is 1. The van der Waals surface area contributed by atoms with Crippen molar-refractivity contribution in [2.45, 2.75) is 52.2 Å². The summed E-state index contributed by atoms with van der Waals surface area (Å²) in [5.41, 5.74) is 2.36. The second-order valence-electron chi connectivity index (χ2n) is 8.36. The molecule has 0 aliphatic carbocycles. The maximum Gasteiger partial charge on any atom is 0.253 e. The third-order valence-corrected chi connectivity index (χ3v) is 6.00. The molecule has 6 heteroatoms. The summed E-state index contributed by atoms with van der Waals surface area (Å²) >= 11 is 0. The van der Waals surface area contributed by atoms with Gasteiger partial charge in [-0.2, -0.15) is 0 Å². The first-order valence-corrected chi connectivity index (χ1v) is 10.7. The summed E-state index contributed by atoms with van der Waals surface area (Å²) in [4.78, 5) is 32.9. The summed E-state index contributed by atoms with van der Waals surface area (Å²) < 4.78 is 5.49. The van der Waals surface area contributed by atoms with Gasteiger partial charge in [-0.15, -0.1) is 0 Å². The lowest BCUT2D eigenvalue weighted by Crippen LogP contribution is -2.45. The highest BCUT2D eigenvalue weighted by Crippen LogP contribution is 2.18. The third kappa shape index (κ3) is 4.65. The van der Waals surface area contributed by atoms with Crippen molar-refractivity contribution in [3.63, 3.8) is 0 Å². The Kier molecular flexibility index (Phi) is 6.04. The highest BCUT2D eigenvalue weighted by molar-refractivity contribution is 5.80. The van der Waals surface area contributed by atoms with E-state index in [-0.39, 0.29) is 18.0 Å². The fourth-order valence-corrected chi connectivity index (χ4v) is 4.18. The summed E-state index contributed by atoms with van der Waals surface area (Å²) in [5.74, 6) is 0.729. The van der Waals surface area contributed by atoms with Crippen LogP contribution in [0, 0.1) is 6.92 Å². The molecule has 4 rings (SSSR count). The summed E-state index contributed by atoms with van der Waals surface area (Å²) in [6.07, 6.45) is 5.07. The van der Waals surface area contributed by atoms with Crippen molar-refractivity contribution < 1.29 is 9.21 Å². The molecule has 1 fully saturated rings. The number of carbonyl (C=O) groups excluding carboxylic acids is 1. The Labute approximate surface area is 176 Å². The van der Waals surface area contributed by atoms with Gasteiger partial charge in [0.1, 0.15) is 5.76 Å². The second kappa shape index (κ2) is 8.88. The van der Waals surface area contributed by atoms with Gasteiger partial charge in [0.2, 0.25) is 5.91 Å². The van der Waals surface area contributed by atoms with Gasteiger partial charge in [-0.3, -0.25) is 14.5 Å². The normalized spacial score (nSPS) is 17.3. The number of nitrogens with one attached hydrogen (secondary N) is 1. The highest BCUT2D eigenvalue weighted by Gasteiger charge is 2.24. The lowest BCUT2D eigenvalue weighted by Gasteiger charge is -2.34. The Bertz CT molecular complexity index is 1070. The van der Waals surface area contributed by atoms with E-state index in [1.54, 1.807) is 11.2 Å². The summed E-state index contributed by atoms with van der Waals surface area (Å²) in [6.45, 7) is 6.11. The minimum Gasteiger partial charge on any atom is -0.467 e. The van der Waals surface area contributed by atoms with Crippen molar-refractivity contribution in [1.29, 1.82) is 0 Å². The van der Waals surface area contributed by atoms with Crippen LogP contribution in [0.2, 0.25) is 0 Å². The maximum absolute atomic E-state index is 13.2. The molecule has 0 spiro atoms. The van der Waals surface area contributed by atoms with Gasteiger partial charge < -0.3 is 14.3 Å². The SMILES string of the molecule is Cc1ccc2[nH]c(=O)c(CN(Cc3ccco3)C(=O)CN3CCCCC3C)cc2c1. The van der Waals surface area contributed by atoms with Crippen LogP contribution in [0.4, 0.5) is 0 Å². The summed E-state index contributed by atoms with van der Waals surface area (Å²) in [7, 11) is 0. The number of piperidine rings is 1. The van der Waals surface area contributed by atoms with Gasteiger partial charge in [0, 0.05) is 17.1 Å². The molecule has 1 aromatic carbocycles. The summed E-state index contributed by atoms with van der Waals surface area (Å²) in [5, 5.41) is 0.972. The quantitative estimate of drug-likeness (QED) is 0.674. The number of H-pyrrole nitrogens is 1. The van der Waals surface area contributed by atoms with Crippen LogP contribution < -0.4 is 5.56 Å². The predicted octanol–water partition coefficient (Wildman–Crippen LogP) is 3.83. The van der Waals surface area contributed by atoms with Gasteiger partial charge in [0.15, 0.2) is 0 Å². The van der Waals surface area contributed by atoms with E-state index in [2.05, 4.69) is 16.8 Å². The molecular weight excluding hydrogens is 378 g/mol. The number of aryl methyl sites for hydroxylation is 1. The van der Waals surface area contributed by atoms with Crippen LogP contribution in [-0.2, 0) is 17.9 Å². The van der Waals surface area contributed by atoms with Gasteiger partial charge in [-0.05, 0) is 69.0 Å². The van der Waals surface area contributed by atoms with Gasteiger partial charge >= 0.3 is 0 Å². The van der Waals surface area contributed by atoms with Crippen molar-refractivity contribution in [2.75, 3.05) is 13.1 Å². The fourth-order valence-electron chi connectivity index (χ4n) is 4.18. The molecule has 0 radical (unpaired) electrons. The lowest BCUT2D eigenvalue weighted by molar-refractivity contribution is -0.134.